The number of rotatable bonds is 5. The van der Waals surface area contributed by atoms with Crippen LogP contribution in [0.1, 0.15) is 38.9 Å². The SMILES string of the molecule is Cc1ccccc1.c1ccc(-c2ccc(N(c3ccc(-c4cccc5c4-c4cc6c(cc4C5)oc4ccccc46)cc3)c3cccc4c3-c3ccccc3C43c4ccccc4-c4ccccc43)cc2)cc1. The van der Waals surface area contributed by atoms with E-state index in [0.29, 0.717) is 0 Å². The van der Waals surface area contributed by atoms with Gasteiger partial charge in [0.05, 0.1) is 11.1 Å². The second kappa shape index (κ2) is 16.3. The molecular weight excluding hydrogens is 859 g/mol. The smallest absolute Gasteiger partial charge is 0.135 e. The topological polar surface area (TPSA) is 16.4 Å². The Morgan fingerprint density at radius 1 is 0.352 bits per heavy atom. The number of hydrogen-bond acceptors (Lipinski definition) is 2. The number of furan rings is 1. The van der Waals surface area contributed by atoms with Gasteiger partial charge in [0.2, 0.25) is 0 Å². The summed E-state index contributed by atoms with van der Waals surface area (Å²) in [6, 6.07) is 93.3. The van der Waals surface area contributed by atoms with Crippen molar-refractivity contribution in [2.75, 3.05) is 4.90 Å². The maximum atomic E-state index is 6.33. The highest BCUT2D eigenvalue weighted by molar-refractivity contribution is 6.08. The van der Waals surface area contributed by atoms with Crippen LogP contribution in [-0.2, 0) is 11.8 Å². The molecule has 1 aromatic heterocycles. The largest absolute Gasteiger partial charge is 0.456 e. The van der Waals surface area contributed by atoms with E-state index in [9.17, 15) is 0 Å². The van der Waals surface area contributed by atoms with E-state index in [1.165, 1.54) is 100.0 Å². The molecule has 3 aliphatic rings. The van der Waals surface area contributed by atoms with Crippen molar-refractivity contribution in [1.29, 1.82) is 0 Å². The van der Waals surface area contributed by atoms with Gasteiger partial charge in [-0.1, -0.05) is 212 Å². The molecule has 0 radical (unpaired) electrons. The first-order chi connectivity index (χ1) is 35.1. The van der Waals surface area contributed by atoms with Crippen LogP contribution in [-0.4, -0.2) is 0 Å². The molecule has 0 N–H and O–H groups in total. The number of para-hydroxylation sites is 1. The summed E-state index contributed by atoms with van der Waals surface area (Å²) in [4.78, 5) is 2.48. The Morgan fingerprint density at radius 3 is 1.56 bits per heavy atom. The van der Waals surface area contributed by atoms with Crippen LogP contribution in [0, 0.1) is 6.92 Å². The standard InChI is InChI=1S/C62H39NO.C7H8/c1-2-14-39(15-3-1)40-28-32-44(33-29-40)63(57-26-13-25-56-61(57)50-20-6-10-24-55(50)62(56)53-22-8-4-17-47(53)48-18-5-9-23-54(48)62)45-34-30-41(31-35-45)46-21-12-16-42-36-43-37-59-52(38-51(43)60(42)46)49-19-7-11-27-58(49)64-59;1-7-5-3-2-4-6-7/h1-35,37-38H,36H2;2-6H,1H3. The Kier molecular flexibility index (Phi) is 9.44. The van der Waals surface area contributed by atoms with Gasteiger partial charge in [-0.25, -0.2) is 0 Å². The van der Waals surface area contributed by atoms with Crippen LogP contribution in [0.15, 0.2) is 259 Å². The minimum Gasteiger partial charge on any atom is -0.456 e. The summed E-state index contributed by atoms with van der Waals surface area (Å²) in [5.41, 5.74) is 26.9. The molecule has 15 rings (SSSR count). The molecule has 2 nitrogen and oxygen atoms in total. The fourth-order valence-electron chi connectivity index (χ4n) is 12.2. The van der Waals surface area contributed by atoms with Gasteiger partial charge in [0.1, 0.15) is 11.2 Å². The monoisotopic (exact) mass is 905 g/mol. The van der Waals surface area contributed by atoms with Crippen molar-refractivity contribution in [3.63, 3.8) is 0 Å². The van der Waals surface area contributed by atoms with Gasteiger partial charge in [-0.15, -0.1) is 0 Å². The number of benzene rings is 11. The van der Waals surface area contributed by atoms with Crippen LogP contribution >= 0.6 is 0 Å². The minimum absolute atomic E-state index is 0.430. The molecule has 3 aliphatic carbocycles. The zero-order chi connectivity index (χ0) is 47.0. The van der Waals surface area contributed by atoms with Crippen molar-refractivity contribution in [2.24, 2.45) is 0 Å². The van der Waals surface area contributed by atoms with Gasteiger partial charge < -0.3 is 9.32 Å². The number of anilines is 3. The maximum absolute atomic E-state index is 6.33. The highest BCUT2D eigenvalue weighted by atomic mass is 16.3. The van der Waals surface area contributed by atoms with E-state index in [1.54, 1.807) is 0 Å². The quantitative estimate of drug-likeness (QED) is 0.171. The number of hydrogen-bond donors (Lipinski definition) is 0. The van der Waals surface area contributed by atoms with E-state index in [0.717, 1.165) is 40.0 Å². The Bertz CT molecular complexity index is 3970. The summed E-state index contributed by atoms with van der Waals surface area (Å²) >= 11 is 0. The highest BCUT2D eigenvalue weighted by Gasteiger charge is 2.52. The van der Waals surface area contributed by atoms with Gasteiger partial charge in [0.25, 0.3) is 0 Å². The van der Waals surface area contributed by atoms with Crippen molar-refractivity contribution < 1.29 is 4.42 Å². The molecule has 1 heterocycles. The molecule has 334 valence electrons. The molecule has 0 unspecified atom stereocenters. The van der Waals surface area contributed by atoms with Crippen LogP contribution in [0.5, 0.6) is 0 Å². The molecule has 0 bridgehead atoms. The molecule has 0 saturated heterocycles. The Hall–Kier alpha value is -8.98. The minimum atomic E-state index is -0.430. The summed E-state index contributed by atoms with van der Waals surface area (Å²) < 4.78 is 6.33. The van der Waals surface area contributed by atoms with E-state index in [4.69, 9.17) is 4.42 Å². The molecule has 0 aliphatic heterocycles. The molecule has 0 saturated carbocycles. The third kappa shape index (κ3) is 6.35. The van der Waals surface area contributed by atoms with Crippen LogP contribution in [0.4, 0.5) is 17.1 Å². The highest BCUT2D eigenvalue weighted by Crippen LogP contribution is 2.64. The zero-order valence-electron chi connectivity index (χ0n) is 39.3. The first-order valence-corrected chi connectivity index (χ1v) is 24.7. The third-order valence-corrected chi connectivity index (χ3v) is 15.3. The van der Waals surface area contributed by atoms with Gasteiger partial charge in [0.15, 0.2) is 0 Å². The van der Waals surface area contributed by atoms with Crippen molar-refractivity contribution in [3.8, 4) is 55.6 Å². The second-order valence-corrected chi connectivity index (χ2v) is 19.2. The first kappa shape index (κ1) is 41.0. The molecule has 0 amide bonds. The van der Waals surface area contributed by atoms with Crippen LogP contribution in [0.25, 0.3) is 77.6 Å². The fourth-order valence-corrected chi connectivity index (χ4v) is 12.2. The van der Waals surface area contributed by atoms with Crippen LogP contribution < -0.4 is 4.90 Å². The van der Waals surface area contributed by atoms with E-state index < -0.39 is 5.41 Å². The van der Waals surface area contributed by atoms with Crippen LogP contribution in [0.3, 0.4) is 0 Å². The molecule has 0 atom stereocenters. The van der Waals surface area contributed by atoms with E-state index in [-0.39, 0.29) is 0 Å². The van der Waals surface area contributed by atoms with Gasteiger partial charge in [-0.05, 0) is 145 Å². The molecular formula is C69H47NO. The number of nitrogens with zero attached hydrogens (tertiary/aromatic N) is 1. The van der Waals surface area contributed by atoms with E-state index in [2.05, 4.69) is 242 Å². The normalized spacial score (nSPS) is 12.9. The summed E-state index contributed by atoms with van der Waals surface area (Å²) in [6.07, 6.45) is 0.896. The lowest BCUT2D eigenvalue weighted by Gasteiger charge is -2.32. The second-order valence-electron chi connectivity index (χ2n) is 19.2. The van der Waals surface area contributed by atoms with Gasteiger partial charge in [-0.2, -0.15) is 0 Å². The maximum Gasteiger partial charge on any atom is 0.135 e. The molecule has 71 heavy (non-hydrogen) atoms. The summed E-state index contributed by atoms with van der Waals surface area (Å²) in [5, 5.41) is 2.33. The van der Waals surface area contributed by atoms with Crippen molar-refractivity contribution >= 4 is 39.0 Å². The predicted molar refractivity (Wildman–Crippen MR) is 295 cm³/mol. The molecule has 2 heteroatoms. The number of aryl methyl sites for hydroxylation is 1. The first-order valence-electron chi connectivity index (χ1n) is 24.7. The average molecular weight is 906 g/mol. The van der Waals surface area contributed by atoms with Crippen molar-refractivity contribution in [2.45, 2.75) is 18.8 Å². The summed E-state index contributed by atoms with van der Waals surface area (Å²) in [5.74, 6) is 0. The number of fused-ring (bicyclic) bond motifs is 16. The fraction of sp³-hybridized carbons (Fsp3) is 0.0435. The lowest BCUT2D eigenvalue weighted by Crippen LogP contribution is -2.26. The Balaban J connectivity index is 0.000000622. The van der Waals surface area contributed by atoms with Gasteiger partial charge >= 0.3 is 0 Å². The molecule has 1 spiro atoms. The summed E-state index contributed by atoms with van der Waals surface area (Å²) in [6.45, 7) is 2.08. The average Bonchev–Trinajstić information content (AvgIpc) is 4.18. The lowest BCUT2D eigenvalue weighted by molar-refractivity contribution is 0.668. The molecule has 0 fully saturated rings. The van der Waals surface area contributed by atoms with E-state index in [1.807, 2.05) is 24.3 Å². The zero-order valence-corrected chi connectivity index (χ0v) is 39.3. The van der Waals surface area contributed by atoms with Crippen molar-refractivity contribution in [3.05, 3.63) is 294 Å². The Morgan fingerprint density at radius 2 is 0.887 bits per heavy atom. The van der Waals surface area contributed by atoms with Crippen molar-refractivity contribution in [1.82, 2.24) is 0 Å². The van der Waals surface area contributed by atoms with E-state index >= 15 is 0 Å². The third-order valence-electron chi connectivity index (χ3n) is 15.3. The molecule has 12 aromatic rings. The predicted octanol–water partition coefficient (Wildman–Crippen LogP) is 18.3. The van der Waals surface area contributed by atoms with Gasteiger partial charge in [0, 0.05) is 27.7 Å². The van der Waals surface area contributed by atoms with Crippen LogP contribution in [0.2, 0.25) is 0 Å². The molecule has 11 aromatic carbocycles. The Labute approximate surface area is 414 Å². The van der Waals surface area contributed by atoms with Gasteiger partial charge in [-0.3, -0.25) is 0 Å². The summed E-state index contributed by atoms with van der Waals surface area (Å²) in [7, 11) is 0. The lowest BCUT2D eigenvalue weighted by atomic mass is 9.70.